The number of aromatic nitrogens is 2. The molecule has 0 bridgehead atoms. The Kier molecular flexibility index (Phi) is 4.52. The summed E-state index contributed by atoms with van der Waals surface area (Å²) in [5.74, 6) is 1.75. The molecular formula is C12H22N4. The van der Waals surface area contributed by atoms with Crippen LogP contribution < -0.4 is 10.2 Å². The van der Waals surface area contributed by atoms with Gasteiger partial charge in [0.25, 0.3) is 0 Å². The molecule has 0 aliphatic rings. The second-order valence-electron chi connectivity index (χ2n) is 4.12. The van der Waals surface area contributed by atoms with Gasteiger partial charge < -0.3 is 10.2 Å². The molecule has 1 rings (SSSR count). The number of aryl methyl sites for hydroxylation is 1. The molecule has 0 saturated carbocycles. The molecule has 1 heterocycles. The number of nitrogens with one attached hydrogen (secondary N) is 1. The maximum absolute atomic E-state index is 4.53. The van der Waals surface area contributed by atoms with Crippen LogP contribution in [-0.2, 0) is 6.42 Å². The zero-order valence-electron chi connectivity index (χ0n) is 11.0. The molecule has 0 unspecified atom stereocenters. The molecule has 1 aromatic rings. The van der Waals surface area contributed by atoms with Gasteiger partial charge in [0.2, 0.25) is 5.95 Å². The first-order valence-electron chi connectivity index (χ1n) is 5.88. The summed E-state index contributed by atoms with van der Waals surface area (Å²) in [6, 6.07) is 0. The molecule has 0 amide bonds. The molecule has 1 aromatic heterocycles. The maximum Gasteiger partial charge on any atom is 0.227 e. The summed E-state index contributed by atoms with van der Waals surface area (Å²) < 4.78 is 0. The molecule has 0 aromatic carbocycles. The summed E-state index contributed by atoms with van der Waals surface area (Å²) in [5, 5.41) is 3.35. The van der Waals surface area contributed by atoms with Crippen molar-refractivity contribution in [3.63, 3.8) is 0 Å². The van der Waals surface area contributed by atoms with Crippen molar-refractivity contribution in [1.82, 2.24) is 9.97 Å². The topological polar surface area (TPSA) is 41.1 Å². The van der Waals surface area contributed by atoms with E-state index in [0.717, 1.165) is 36.8 Å². The first kappa shape index (κ1) is 12.7. The van der Waals surface area contributed by atoms with Crippen LogP contribution in [0, 0.1) is 6.92 Å². The monoisotopic (exact) mass is 222 g/mol. The SMILES string of the molecule is CCCNc1nc(N(C)C)nc(CC)c1C. The van der Waals surface area contributed by atoms with Crippen LogP contribution in [0.3, 0.4) is 0 Å². The number of hydrogen-bond acceptors (Lipinski definition) is 4. The minimum absolute atomic E-state index is 0.779. The molecule has 4 heteroatoms. The summed E-state index contributed by atoms with van der Waals surface area (Å²) >= 11 is 0. The van der Waals surface area contributed by atoms with Gasteiger partial charge in [0.15, 0.2) is 0 Å². The second-order valence-corrected chi connectivity index (χ2v) is 4.12. The Balaban J connectivity index is 3.08. The van der Waals surface area contributed by atoms with E-state index in [4.69, 9.17) is 0 Å². The van der Waals surface area contributed by atoms with E-state index in [2.05, 4.69) is 36.1 Å². The molecule has 0 saturated heterocycles. The first-order valence-corrected chi connectivity index (χ1v) is 5.88. The van der Waals surface area contributed by atoms with Crippen LogP contribution in [0.2, 0.25) is 0 Å². The predicted octanol–water partition coefficient (Wildman–Crippen LogP) is 2.24. The van der Waals surface area contributed by atoms with E-state index in [1.54, 1.807) is 0 Å². The molecular weight excluding hydrogens is 200 g/mol. The summed E-state index contributed by atoms with van der Waals surface area (Å²) in [6.45, 7) is 7.31. The van der Waals surface area contributed by atoms with E-state index >= 15 is 0 Å². The van der Waals surface area contributed by atoms with Crippen LogP contribution in [0.4, 0.5) is 11.8 Å². The summed E-state index contributed by atoms with van der Waals surface area (Å²) in [6.07, 6.45) is 2.04. The zero-order valence-corrected chi connectivity index (χ0v) is 11.0. The van der Waals surface area contributed by atoms with Crippen LogP contribution in [0.5, 0.6) is 0 Å². The van der Waals surface area contributed by atoms with Gasteiger partial charge in [-0.15, -0.1) is 0 Å². The largest absolute Gasteiger partial charge is 0.370 e. The molecule has 0 radical (unpaired) electrons. The molecule has 0 aliphatic carbocycles. The van der Waals surface area contributed by atoms with Gasteiger partial charge in [-0.25, -0.2) is 4.98 Å². The van der Waals surface area contributed by atoms with Gasteiger partial charge >= 0.3 is 0 Å². The van der Waals surface area contributed by atoms with Crippen molar-refractivity contribution in [2.24, 2.45) is 0 Å². The Bertz CT molecular complexity index is 347. The lowest BCUT2D eigenvalue weighted by Gasteiger charge is -2.16. The van der Waals surface area contributed by atoms with Crippen LogP contribution >= 0.6 is 0 Å². The van der Waals surface area contributed by atoms with E-state index in [1.807, 2.05) is 19.0 Å². The molecule has 90 valence electrons. The second kappa shape index (κ2) is 5.68. The first-order chi connectivity index (χ1) is 7.60. The molecule has 0 spiro atoms. The van der Waals surface area contributed by atoms with E-state index in [-0.39, 0.29) is 0 Å². The van der Waals surface area contributed by atoms with Crippen molar-refractivity contribution in [2.45, 2.75) is 33.6 Å². The Morgan fingerprint density at radius 3 is 2.38 bits per heavy atom. The predicted molar refractivity (Wildman–Crippen MR) is 69.3 cm³/mol. The van der Waals surface area contributed by atoms with E-state index in [1.165, 1.54) is 5.56 Å². The molecule has 0 atom stereocenters. The van der Waals surface area contributed by atoms with Crippen molar-refractivity contribution < 1.29 is 0 Å². The molecule has 1 N–H and O–H groups in total. The maximum atomic E-state index is 4.53. The van der Waals surface area contributed by atoms with Gasteiger partial charge in [0, 0.05) is 26.2 Å². The van der Waals surface area contributed by atoms with E-state index < -0.39 is 0 Å². The number of anilines is 2. The highest BCUT2D eigenvalue weighted by molar-refractivity contribution is 5.50. The van der Waals surface area contributed by atoms with E-state index in [9.17, 15) is 0 Å². The Hall–Kier alpha value is -1.32. The fourth-order valence-electron chi connectivity index (χ4n) is 1.51. The summed E-state index contributed by atoms with van der Waals surface area (Å²) in [7, 11) is 3.93. The third kappa shape index (κ3) is 2.84. The lowest BCUT2D eigenvalue weighted by molar-refractivity contribution is 0.905. The zero-order chi connectivity index (χ0) is 12.1. The highest BCUT2D eigenvalue weighted by Crippen LogP contribution is 2.19. The van der Waals surface area contributed by atoms with Gasteiger partial charge in [0.1, 0.15) is 5.82 Å². The average molecular weight is 222 g/mol. The standard InChI is InChI=1S/C12H22N4/c1-6-8-13-11-9(3)10(7-2)14-12(15-11)16(4)5/h6-8H2,1-5H3,(H,13,14,15). The minimum Gasteiger partial charge on any atom is -0.370 e. The van der Waals surface area contributed by atoms with Gasteiger partial charge in [-0.1, -0.05) is 13.8 Å². The quantitative estimate of drug-likeness (QED) is 0.829. The number of nitrogens with zero attached hydrogens (tertiary/aromatic N) is 3. The van der Waals surface area contributed by atoms with Crippen LogP contribution in [0.25, 0.3) is 0 Å². The molecule has 16 heavy (non-hydrogen) atoms. The average Bonchev–Trinajstić information content (AvgIpc) is 2.27. The minimum atomic E-state index is 0.779. The molecule has 4 nitrogen and oxygen atoms in total. The fourth-order valence-corrected chi connectivity index (χ4v) is 1.51. The fraction of sp³-hybridized carbons (Fsp3) is 0.667. The van der Waals surface area contributed by atoms with E-state index in [0.29, 0.717) is 0 Å². The summed E-state index contributed by atoms with van der Waals surface area (Å²) in [4.78, 5) is 11.0. The number of rotatable bonds is 5. The van der Waals surface area contributed by atoms with Crippen molar-refractivity contribution in [3.05, 3.63) is 11.3 Å². The normalized spacial score (nSPS) is 10.3. The molecule has 0 fully saturated rings. The highest BCUT2D eigenvalue weighted by atomic mass is 15.2. The van der Waals surface area contributed by atoms with Gasteiger partial charge in [-0.2, -0.15) is 4.98 Å². The van der Waals surface area contributed by atoms with Crippen molar-refractivity contribution in [1.29, 1.82) is 0 Å². The third-order valence-corrected chi connectivity index (χ3v) is 2.51. The van der Waals surface area contributed by atoms with Gasteiger partial charge in [0.05, 0.1) is 5.69 Å². The smallest absolute Gasteiger partial charge is 0.227 e. The lowest BCUT2D eigenvalue weighted by atomic mass is 10.2. The third-order valence-electron chi connectivity index (χ3n) is 2.51. The highest BCUT2D eigenvalue weighted by Gasteiger charge is 2.10. The van der Waals surface area contributed by atoms with Crippen molar-refractivity contribution in [2.75, 3.05) is 30.9 Å². The van der Waals surface area contributed by atoms with Crippen LogP contribution in [-0.4, -0.2) is 30.6 Å². The Morgan fingerprint density at radius 2 is 1.88 bits per heavy atom. The van der Waals surface area contributed by atoms with Crippen molar-refractivity contribution >= 4 is 11.8 Å². The van der Waals surface area contributed by atoms with Crippen LogP contribution in [0.15, 0.2) is 0 Å². The lowest BCUT2D eigenvalue weighted by Crippen LogP contribution is -2.16. The summed E-state index contributed by atoms with van der Waals surface area (Å²) in [5.41, 5.74) is 2.29. The van der Waals surface area contributed by atoms with Gasteiger partial charge in [-0.3, -0.25) is 0 Å². The van der Waals surface area contributed by atoms with Gasteiger partial charge in [-0.05, 0) is 19.8 Å². The Labute approximate surface area is 98.1 Å². The molecule has 0 aliphatic heterocycles. The van der Waals surface area contributed by atoms with Crippen molar-refractivity contribution in [3.8, 4) is 0 Å². The van der Waals surface area contributed by atoms with Crippen LogP contribution in [0.1, 0.15) is 31.5 Å². The number of hydrogen-bond donors (Lipinski definition) is 1. The Morgan fingerprint density at radius 1 is 1.19 bits per heavy atom.